The topological polar surface area (TPSA) is 65.2 Å². The van der Waals surface area contributed by atoms with Crippen molar-refractivity contribution < 1.29 is 9.18 Å². The molecule has 1 unspecified atom stereocenters. The maximum Gasteiger partial charge on any atom is 0.322 e. The Kier molecular flexibility index (Phi) is 6.28. The van der Waals surface area contributed by atoms with Gasteiger partial charge in [0, 0.05) is 23.8 Å². The van der Waals surface area contributed by atoms with E-state index in [0.717, 1.165) is 23.8 Å². The summed E-state index contributed by atoms with van der Waals surface area (Å²) >= 11 is 5.88. The lowest BCUT2D eigenvalue weighted by molar-refractivity contribution is 0.180. The summed E-state index contributed by atoms with van der Waals surface area (Å²) in [6, 6.07) is 11.0. The second-order valence-electron chi connectivity index (χ2n) is 8.16. The van der Waals surface area contributed by atoms with Gasteiger partial charge in [-0.3, -0.25) is 4.79 Å². The summed E-state index contributed by atoms with van der Waals surface area (Å²) in [4.78, 5) is 30.2. The third-order valence-corrected chi connectivity index (χ3v) is 6.41. The lowest BCUT2D eigenvalue weighted by Crippen LogP contribution is -2.40. The van der Waals surface area contributed by atoms with E-state index in [9.17, 15) is 14.0 Å². The number of anilines is 1. The molecule has 4 rings (SSSR count). The van der Waals surface area contributed by atoms with E-state index >= 15 is 0 Å². The molecule has 1 aromatic heterocycles. The first-order valence-electron chi connectivity index (χ1n) is 10.6. The van der Waals surface area contributed by atoms with Gasteiger partial charge in [-0.15, -0.1) is 0 Å². The largest absolute Gasteiger partial charge is 0.328 e. The summed E-state index contributed by atoms with van der Waals surface area (Å²) in [5, 5.41) is 4.24. The summed E-state index contributed by atoms with van der Waals surface area (Å²) in [5.74, 6) is -0.102. The van der Waals surface area contributed by atoms with Crippen LogP contribution in [0.3, 0.4) is 0 Å². The van der Waals surface area contributed by atoms with Crippen LogP contribution >= 0.6 is 11.6 Å². The van der Waals surface area contributed by atoms with Crippen molar-refractivity contribution in [3.63, 3.8) is 0 Å². The Morgan fingerprint density at radius 3 is 2.65 bits per heavy atom. The maximum absolute atomic E-state index is 13.5. The molecular formula is C24H25ClFN3O2. The first-order chi connectivity index (χ1) is 14.9. The minimum absolute atomic E-state index is 0.0418. The summed E-state index contributed by atoms with van der Waals surface area (Å²) < 4.78 is 13.5. The zero-order valence-electron chi connectivity index (χ0n) is 17.3. The van der Waals surface area contributed by atoms with Crippen molar-refractivity contribution in [1.29, 1.82) is 0 Å². The van der Waals surface area contributed by atoms with E-state index in [1.165, 1.54) is 31.0 Å². The standard InChI is InChI=1S/C24H25ClFN3O2/c1-15(20-13-27-23(30)19-9-5-4-8-18(19)20)29(14-16-6-2-3-7-16)24(31)28-17-10-11-22(26)21(25)12-17/h4-5,8-13,15-16H,2-3,6-7,14H2,1H3,(H,27,30)(H,28,31). The molecule has 0 spiro atoms. The number of carbonyl (C=O) groups excluding carboxylic acids is 1. The van der Waals surface area contributed by atoms with Crippen molar-refractivity contribution >= 4 is 34.1 Å². The molecule has 1 saturated carbocycles. The molecule has 1 heterocycles. The molecule has 0 bridgehead atoms. The van der Waals surface area contributed by atoms with Crippen LogP contribution in [-0.4, -0.2) is 22.5 Å². The lowest BCUT2D eigenvalue weighted by Gasteiger charge is -2.32. The van der Waals surface area contributed by atoms with Gasteiger partial charge in [0.2, 0.25) is 0 Å². The van der Waals surface area contributed by atoms with Crippen LogP contribution < -0.4 is 10.9 Å². The molecule has 0 radical (unpaired) electrons. The number of aromatic nitrogens is 1. The van der Waals surface area contributed by atoms with Crippen molar-refractivity contribution in [1.82, 2.24) is 9.88 Å². The highest BCUT2D eigenvalue weighted by molar-refractivity contribution is 6.31. The quantitative estimate of drug-likeness (QED) is 0.502. The summed E-state index contributed by atoms with van der Waals surface area (Å²) in [6.45, 7) is 2.57. The Balaban J connectivity index is 1.67. The molecule has 1 atom stereocenters. The van der Waals surface area contributed by atoms with Gasteiger partial charge in [0.25, 0.3) is 5.56 Å². The van der Waals surface area contributed by atoms with Crippen LogP contribution in [0.4, 0.5) is 14.9 Å². The average Bonchev–Trinajstić information content (AvgIpc) is 3.28. The number of carbonyl (C=O) groups is 1. The second kappa shape index (κ2) is 9.10. The highest BCUT2D eigenvalue weighted by atomic mass is 35.5. The molecule has 0 saturated heterocycles. The van der Waals surface area contributed by atoms with Crippen LogP contribution in [0.25, 0.3) is 10.8 Å². The Morgan fingerprint density at radius 1 is 1.23 bits per heavy atom. The zero-order chi connectivity index (χ0) is 22.0. The van der Waals surface area contributed by atoms with E-state index in [1.54, 1.807) is 17.2 Å². The van der Waals surface area contributed by atoms with Gasteiger partial charge in [-0.1, -0.05) is 42.6 Å². The number of H-pyrrole nitrogens is 1. The number of hydrogen-bond donors (Lipinski definition) is 2. The lowest BCUT2D eigenvalue weighted by atomic mass is 10.00. The third-order valence-electron chi connectivity index (χ3n) is 6.12. The molecule has 2 amide bonds. The van der Waals surface area contributed by atoms with E-state index in [4.69, 9.17) is 11.6 Å². The van der Waals surface area contributed by atoms with Crippen molar-refractivity contribution in [3.8, 4) is 0 Å². The summed E-state index contributed by atoms with van der Waals surface area (Å²) in [6.07, 6.45) is 6.21. The maximum atomic E-state index is 13.5. The number of amides is 2. The first kappa shape index (κ1) is 21.4. The molecule has 1 fully saturated rings. The average molecular weight is 442 g/mol. The predicted octanol–water partition coefficient (Wildman–Crippen LogP) is 6.11. The van der Waals surface area contributed by atoms with Crippen LogP contribution in [0.5, 0.6) is 0 Å². The highest BCUT2D eigenvalue weighted by Crippen LogP contribution is 2.32. The molecule has 3 aromatic rings. The van der Waals surface area contributed by atoms with Gasteiger partial charge in [0.1, 0.15) is 5.82 Å². The minimum atomic E-state index is -0.532. The number of rotatable bonds is 5. The number of pyridine rings is 1. The van der Waals surface area contributed by atoms with Gasteiger partial charge in [-0.05, 0) is 60.9 Å². The number of nitrogens with one attached hydrogen (secondary N) is 2. The Bertz CT molecular complexity index is 1160. The molecule has 162 valence electrons. The molecule has 0 aliphatic heterocycles. The van der Waals surface area contributed by atoms with Gasteiger partial charge >= 0.3 is 6.03 Å². The number of hydrogen-bond acceptors (Lipinski definition) is 2. The van der Waals surface area contributed by atoms with Crippen LogP contribution in [0.2, 0.25) is 5.02 Å². The third kappa shape index (κ3) is 4.59. The number of fused-ring (bicyclic) bond motifs is 1. The molecule has 31 heavy (non-hydrogen) atoms. The number of urea groups is 1. The number of halogens is 2. The van der Waals surface area contributed by atoms with E-state index in [0.29, 0.717) is 23.5 Å². The molecule has 1 aliphatic rings. The van der Waals surface area contributed by atoms with Gasteiger partial charge < -0.3 is 15.2 Å². The molecule has 7 heteroatoms. The van der Waals surface area contributed by atoms with Crippen molar-refractivity contribution in [3.05, 3.63) is 75.4 Å². The fourth-order valence-electron chi connectivity index (χ4n) is 4.40. The molecule has 5 nitrogen and oxygen atoms in total. The van der Waals surface area contributed by atoms with Gasteiger partial charge in [0.05, 0.1) is 11.1 Å². The van der Waals surface area contributed by atoms with E-state index in [2.05, 4.69) is 10.3 Å². The van der Waals surface area contributed by atoms with E-state index in [1.807, 2.05) is 25.1 Å². The predicted molar refractivity (Wildman–Crippen MR) is 122 cm³/mol. The smallest absolute Gasteiger partial charge is 0.322 e. The van der Waals surface area contributed by atoms with Crippen LogP contribution in [-0.2, 0) is 0 Å². The van der Waals surface area contributed by atoms with E-state index in [-0.39, 0.29) is 22.7 Å². The second-order valence-corrected chi connectivity index (χ2v) is 8.56. The number of aromatic amines is 1. The first-order valence-corrected chi connectivity index (χ1v) is 10.9. The fourth-order valence-corrected chi connectivity index (χ4v) is 4.58. The van der Waals surface area contributed by atoms with Crippen LogP contribution in [0.1, 0.15) is 44.2 Å². The van der Waals surface area contributed by atoms with Gasteiger partial charge in [-0.2, -0.15) is 0 Å². The summed E-state index contributed by atoms with van der Waals surface area (Å²) in [7, 11) is 0. The van der Waals surface area contributed by atoms with Crippen molar-refractivity contribution in [2.75, 3.05) is 11.9 Å². The van der Waals surface area contributed by atoms with Crippen molar-refractivity contribution in [2.24, 2.45) is 5.92 Å². The molecular weight excluding hydrogens is 417 g/mol. The Morgan fingerprint density at radius 2 is 1.94 bits per heavy atom. The van der Waals surface area contributed by atoms with Crippen LogP contribution in [0, 0.1) is 11.7 Å². The molecule has 1 aliphatic carbocycles. The molecule has 2 N–H and O–H groups in total. The van der Waals surface area contributed by atoms with Crippen molar-refractivity contribution in [2.45, 2.75) is 38.6 Å². The number of benzene rings is 2. The fraction of sp³-hybridized carbons (Fsp3) is 0.333. The SMILES string of the molecule is CC(c1c[nH]c(=O)c2ccccc12)N(CC1CCCC1)C(=O)Nc1ccc(F)c(Cl)c1. The Hall–Kier alpha value is -2.86. The highest BCUT2D eigenvalue weighted by Gasteiger charge is 2.28. The number of nitrogens with zero attached hydrogens (tertiary/aromatic N) is 1. The summed E-state index contributed by atoms with van der Waals surface area (Å²) in [5.41, 5.74) is 1.16. The molecule has 2 aromatic carbocycles. The minimum Gasteiger partial charge on any atom is -0.328 e. The van der Waals surface area contributed by atoms with E-state index < -0.39 is 5.82 Å². The monoisotopic (exact) mass is 441 g/mol. The normalized spacial score (nSPS) is 15.2. The van der Waals surface area contributed by atoms with Crippen LogP contribution in [0.15, 0.2) is 53.5 Å². The Labute approximate surface area is 185 Å². The zero-order valence-corrected chi connectivity index (χ0v) is 18.1. The van der Waals surface area contributed by atoms with Gasteiger partial charge in [-0.25, -0.2) is 9.18 Å². The van der Waals surface area contributed by atoms with Gasteiger partial charge in [0.15, 0.2) is 0 Å².